The number of anilines is 1. The molecule has 1 aliphatic heterocycles. The largest absolute Gasteiger partial charge is 0.457 e. The highest BCUT2D eigenvalue weighted by Crippen LogP contribution is 2.36. The number of nitrogens with one attached hydrogen (secondary N) is 1. The van der Waals surface area contributed by atoms with Crippen molar-refractivity contribution in [1.82, 2.24) is 4.90 Å². The lowest BCUT2D eigenvalue weighted by atomic mass is 9.75. The maximum absolute atomic E-state index is 12.8. The summed E-state index contributed by atoms with van der Waals surface area (Å²) in [5, 5.41) is 14.2. The van der Waals surface area contributed by atoms with Gasteiger partial charge in [-0.2, -0.15) is 0 Å². The topological polar surface area (TPSA) is 61.8 Å². The van der Waals surface area contributed by atoms with Crippen molar-refractivity contribution in [1.29, 1.82) is 0 Å². The van der Waals surface area contributed by atoms with Crippen LogP contribution in [0.5, 0.6) is 11.5 Å². The first-order valence-electron chi connectivity index (χ1n) is 11.2. The highest BCUT2D eigenvalue weighted by Gasteiger charge is 2.39. The molecule has 0 atom stereocenters. The summed E-state index contributed by atoms with van der Waals surface area (Å²) in [5.41, 5.74) is 0.0517. The number of carbonyl (C=O) groups is 1. The van der Waals surface area contributed by atoms with Crippen molar-refractivity contribution in [2.75, 3.05) is 18.4 Å². The van der Waals surface area contributed by atoms with E-state index in [1.54, 1.807) is 4.90 Å². The van der Waals surface area contributed by atoms with Crippen LogP contribution in [0.1, 0.15) is 52.4 Å². The standard InChI is InChI=1S/C25H34N2O3/c1-3-9-20(10-4-2)25(29)15-17-27(18-16-25)24(28)26-21-11-8-14-23(19-21)30-22-12-6-5-7-13-22/h5-8,11-14,19-20,29H,3-4,9-10,15-18H2,1-2H3,(H,26,28). The van der Waals surface area contributed by atoms with Gasteiger partial charge in [0.2, 0.25) is 0 Å². The first kappa shape index (κ1) is 22.2. The lowest BCUT2D eigenvalue weighted by Crippen LogP contribution is -2.51. The fourth-order valence-electron chi connectivity index (χ4n) is 4.35. The van der Waals surface area contributed by atoms with Gasteiger partial charge < -0.3 is 20.1 Å². The van der Waals surface area contributed by atoms with Crippen LogP contribution in [0.2, 0.25) is 0 Å². The third-order valence-electron chi connectivity index (χ3n) is 6.01. The minimum absolute atomic E-state index is 0.128. The van der Waals surface area contributed by atoms with Gasteiger partial charge in [-0.15, -0.1) is 0 Å². The van der Waals surface area contributed by atoms with E-state index in [0.29, 0.717) is 43.3 Å². The first-order chi connectivity index (χ1) is 14.5. The van der Waals surface area contributed by atoms with Gasteiger partial charge in [-0.1, -0.05) is 51.0 Å². The molecule has 0 aliphatic carbocycles. The Labute approximate surface area is 180 Å². The summed E-state index contributed by atoms with van der Waals surface area (Å²) in [5.74, 6) is 1.75. The normalized spacial score (nSPS) is 15.8. The number of hydrogen-bond acceptors (Lipinski definition) is 3. The van der Waals surface area contributed by atoms with Crippen LogP contribution in [0, 0.1) is 5.92 Å². The Kier molecular flexibility index (Phi) is 7.75. The van der Waals surface area contributed by atoms with E-state index in [4.69, 9.17) is 4.74 Å². The molecular formula is C25H34N2O3. The lowest BCUT2D eigenvalue weighted by molar-refractivity contribution is -0.0651. The van der Waals surface area contributed by atoms with Crippen molar-refractivity contribution in [2.45, 2.75) is 58.0 Å². The summed E-state index contributed by atoms with van der Waals surface area (Å²) < 4.78 is 5.85. The van der Waals surface area contributed by atoms with Gasteiger partial charge in [-0.25, -0.2) is 4.79 Å². The molecule has 1 fully saturated rings. The van der Waals surface area contributed by atoms with E-state index in [9.17, 15) is 9.90 Å². The predicted molar refractivity (Wildman–Crippen MR) is 121 cm³/mol. The van der Waals surface area contributed by atoms with Gasteiger partial charge in [0.15, 0.2) is 0 Å². The van der Waals surface area contributed by atoms with Crippen LogP contribution < -0.4 is 10.1 Å². The molecule has 0 saturated carbocycles. The maximum atomic E-state index is 12.8. The smallest absolute Gasteiger partial charge is 0.321 e. The van der Waals surface area contributed by atoms with Crippen LogP contribution in [-0.4, -0.2) is 34.7 Å². The number of carbonyl (C=O) groups excluding carboxylic acids is 1. The third kappa shape index (κ3) is 5.76. The number of hydrogen-bond donors (Lipinski definition) is 2. The number of benzene rings is 2. The Morgan fingerprint density at radius 3 is 2.30 bits per heavy atom. The molecular weight excluding hydrogens is 376 g/mol. The molecule has 0 spiro atoms. The molecule has 0 radical (unpaired) electrons. The quantitative estimate of drug-likeness (QED) is 0.556. The number of para-hydroxylation sites is 1. The van der Waals surface area contributed by atoms with Crippen LogP contribution in [0.4, 0.5) is 10.5 Å². The minimum atomic E-state index is -0.647. The molecule has 3 rings (SSSR count). The van der Waals surface area contributed by atoms with Crippen molar-refractivity contribution in [3.63, 3.8) is 0 Å². The van der Waals surface area contributed by atoms with Crippen molar-refractivity contribution < 1.29 is 14.6 Å². The molecule has 5 nitrogen and oxygen atoms in total. The van der Waals surface area contributed by atoms with Crippen molar-refractivity contribution in [3.05, 3.63) is 54.6 Å². The average molecular weight is 411 g/mol. The fourth-order valence-corrected chi connectivity index (χ4v) is 4.35. The number of likely N-dealkylation sites (tertiary alicyclic amines) is 1. The number of rotatable bonds is 8. The molecule has 2 N–H and O–H groups in total. The fraction of sp³-hybridized carbons (Fsp3) is 0.480. The van der Waals surface area contributed by atoms with Gasteiger partial charge in [-0.3, -0.25) is 0 Å². The summed E-state index contributed by atoms with van der Waals surface area (Å²) in [6.07, 6.45) is 5.54. The average Bonchev–Trinajstić information content (AvgIpc) is 2.75. The van der Waals surface area contributed by atoms with E-state index in [-0.39, 0.29) is 6.03 Å². The Hall–Kier alpha value is -2.53. The number of aliphatic hydroxyl groups is 1. The molecule has 162 valence electrons. The molecule has 0 bridgehead atoms. The summed E-state index contributed by atoms with van der Waals surface area (Å²) in [7, 11) is 0. The summed E-state index contributed by atoms with van der Waals surface area (Å²) in [6, 6.07) is 16.8. The minimum Gasteiger partial charge on any atom is -0.457 e. The van der Waals surface area contributed by atoms with E-state index >= 15 is 0 Å². The van der Waals surface area contributed by atoms with Crippen LogP contribution >= 0.6 is 0 Å². The zero-order valence-corrected chi connectivity index (χ0v) is 18.1. The van der Waals surface area contributed by atoms with Crippen molar-refractivity contribution >= 4 is 11.7 Å². The Morgan fingerprint density at radius 2 is 1.67 bits per heavy atom. The number of amides is 2. The second kappa shape index (κ2) is 10.5. The molecule has 5 heteroatoms. The Bertz CT molecular complexity index is 795. The van der Waals surface area contributed by atoms with E-state index in [1.165, 1.54) is 0 Å². The van der Waals surface area contributed by atoms with E-state index in [2.05, 4.69) is 19.2 Å². The summed E-state index contributed by atoms with van der Waals surface area (Å²) in [6.45, 7) is 5.49. The maximum Gasteiger partial charge on any atom is 0.321 e. The van der Waals surface area contributed by atoms with Crippen molar-refractivity contribution in [2.24, 2.45) is 5.92 Å². The van der Waals surface area contributed by atoms with Gasteiger partial charge >= 0.3 is 6.03 Å². The SMILES string of the molecule is CCCC(CCC)C1(O)CCN(C(=O)Nc2cccc(Oc3ccccc3)c2)CC1. The molecule has 2 aromatic carbocycles. The summed E-state index contributed by atoms with van der Waals surface area (Å²) in [4.78, 5) is 14.6. The van der Waals surface area contributed by atoms with Crippen molar-refractivity contribution in [3.8, 4) is 11.5 Å². The van der Waals surface area contributed by atoms with E-state index in [1.807, 2.05) is 54.6 Å². The number of piperidine rings is 1. The first-order valence-corrected chi connectivity index (χ1v) is 11.2. The van der Waals surface area contributed by atoms with Crippen LogP contribution in [0.25, 0.3) is 0 Å². The second-order valence-electron chi connectivity index (χ2n) is 8.24. The molecule has 30 heavy (non-hydrogen) atoms. The van der Waals surface area contributed by atoms with Gasteiger partial charge in [0, 0.05) is 24.8 Å². The Balaban J connectivity index is 1.56. The molecule has 1 heterocycles. The molecule has 2 aromatic rings. The van der Waals surface area contributed by atoms with Crippen LogP contribution in [0.15, 0.2) is 54.6 Å². The van der Waals surface area contributed by atoms with Crippen LogP contribution in [0.3, 0.4) is 0 Å². The van der Waals surface area contributed by atoms with E-state index in [0.717, 1.165) is 31.4 Å². The monoisotopic (exact) mass is 410 g/mol. The zero-order valence-electron chi connectivity index (χ0n) is 18.1. The zero-order chi connectivity index (χ0) is 21.4. The van der Waals surface area contributed by atoms with Gasteiger partial charge in [0.25, 0.3) is 0 Å². The molecule has 1 aliphatic rings. The van der Waals surface area contributed by atoms with Gasteiger partial charge in [0.05, 0.1) is 5.60 Å². The van der Waals surface area contributed by atoms with E-state index < -0.39 is 5.60 Å². The lowest BCUT2D eigenvalue weighted by Gasteiger charge is -2.43. The highest BCUT2D eigenvalue weighted by molar-refractivity contribution is 5.89. The molecule has 0 unspecified atom stereocenters. The van der Waals surface area contributed by atoms with Gasteiger partial charge in [0.1, 0.15) is 11.5 Å². The Morgan fingerprint density at radius 1 is 1.03 bits per heavy atom. The third-order valence-corrected chi connectivity index (χ3v) is 6.01. The number of urea groups is 1. The molecule has 2 amide bonds. The second-order valence-corrected chi connectivity index (χ2v) is 8.24. The van der Waals surface area contributed by atoms with Gasteiger partial charge in [-0.05, 0) is 55.9 Å². The summed E-state index contributed by atoms with van der Waals surface area (Å²) >= 11 is 0. The molecule has 1 saturated heterocycles. The molecule has 0 aromatic heterocycles. The van der Waals surface area contributed by atoms with Crippen LogP contribution in [-0.2, 0) is 0 Å². The number of nitrogens with zero attached hydrogens (tertiary/aromatic N) is 1. The highest BCUT2D eigenvalue weighted by atomic mass is 16.5. The number of ether oxygens (including phenoxy) is 1. The predicted octanol–water partition coefficient (Wildman–Crippen LogP) is 6.05.